The van der Waals surface area contributed by atoms with Crippen molar-refractivity contribution >= 4 is 22.4 Å². The molecule has 1 aromatic heterocycles. The summed E-state index contributed by atoms with van der Waals surface area (Å²) < 4.78 is 0. The van der Waals surface area contributed by atoms with Gasteiger partial charge in [0.15, 0.2) is 5.82 Å². The third-order valence-corrected chi connectivity index (χ3v) is 4.83. The Morgan fingerprint density at radius 1 is 0.889 bits per heavy atom. The van der Waals surface area contributed by atoms with E-state index < -0.39 is 4.92 Å². The van der Waals surface area contributed by atoms with E-state index in [4.69, 9.17) is 9.97 Å². The van der Waals surface area contributed by atoms with Gasteiger partial charge in [-0.25, -0.2) is 9.97 Å². The fourth-order valence-electron chi connectivity index (χ4n) is 3.44. The molecule has 0 N–H and O–H groups in total. The van der Waals surface area contributed by atoms with Crippen LogP contribution in [-0.2, 0) is 0 Å². The summed E-state index contributed by atoms with van der Waals surface area (Å²) in [5, 5.41) is 11.9. The molecule has 2 aromatic carbocycles. The van der Waals surface area contributed by atoms with Crippen LogP contribution in [0.4, 0.5) is 11.5 Å². The van der Waals surface area contributed by atoms with Crippen LogP contribution in [0, 0.1) is 10.1 Å². The van der Waals surface area contributed by atoms with Gasteiger partial charge in [-0.1, -0.05) is 25.0 Å². The second-order valence-corrected chi connectivity index (χ2v) is 6.59. The van der Waals surface area contributed by atoms with Crippen molar-refractivity contribution in [2.24, 2.45) is 0 Å². The third kappa shape index (κ3) is 4.01. The average molecular weight is 384 g/mol. The van der Waals surface area contributed by atoms with Crippen LogP contribution in [0.1, 0.15) is 25.7 Å². The van der Waals surface area contributed by atoms with E-state index in [1.807, 2.05) is 18.2 Å². The molecule has 0 unspecified atom stereocenters. The minimum Gasteiger partial charge on any atom is -1.00 e. The molecule has 0 amide bonds. The lowest BCUT2D eigenvalue weighted by atomic mass is 10.1. The monoisotopic (exact) mass is 383 g/mol. The minimum absolute atomic E-state index is 0. The van der Waals surface area contributed by atoms with Crippen LogP contribution in [-0.4, -0.2) is 28.0 Å². The summed E-state index contributed by atoms with van der Waals surface area (Å²) >= 11 is 0. The fourth-order valence-corrected chi connectivity index (χ4v) is 3.44. The molecular weight excluding hydrogens is 364 g/mol. The Hall–Kier alpha value is -2.73. The second-order valence-electron chi connectivity index (χ2n) is 6.59. The smallest absolute Gasteiger partial charge is 0.269 e. The van der Waals surface area contributed by atoms with Gasteiger partial charge in [0, 0.05) is 36.2 Å². The maximum absolute atomic E-state index is 10.9. The van der Waals surface area contributed by atoms with Gasteiger partial charge in [0.2, 0.25) is 0 Å². The summed E-state index contributed by atoms with van der Waals surface area (Å²) in [7, 11) is 0. The molecule has 1 aliphatic heterocycles. The molecule has 0 radical (unpaired) electrons. The van der Waals surface area contributed by atoms with E-state index in [9.17, 15) is 10.1 Å². The van der Waals surface area contributed by atoms with E-state index in [-0.39, 0.29) is 18.1 Å². The first-order valence-electron chi connectivity index (χ1n) is 8.99. The Morgan fingerprint density at radius 2 is 1.56 bits per heavy atom. The van der Waals surface area contributed by atoms with E-state index in [2.05, 4.69) is 11.0 Å². The van der Waals surface area contributed by atoms with Gasteiger partial charge in [-0.15, -0.1) is 0 Å². The maximum Gasteiger partial charge on any atom is 0.269 e. The molecule has 27 heavy (non-hydrogen) atoms. The molecule has 1 saturated heterocycles. The van der Waals surface area contributed by atoms with E-state index in [1.54, 1.807) is 12.1 Å². The van der Waals surface area contributed by atoms with Crippen molar-refractivity contribution in [2.45, 2.75) is 25.7 Å². The topological polar surface area (TPSA) is 72.2 Å². The fraction of sp³-hybridized carbons (Fsp3) is 0.300. The van der Waals surface area contributed by atoms with Gasteiger partial charge in [-0.3, -0.25) is 10.1 Å². The van der Waals surface area contributed by atoms with E-state index in [0.717, 1.165) is 35.4 Å². The highest BCUT2D eigenvalue weighted by Gasteiger charge is 2.17. The molecule has 0 atom stereocenters. The predicted molar refractivity (Wildman–Crippen MR) is 102 cm³/mol. The Kier molecular flexibility index (Phi) is 5.86. The summed E-state index contributed by atoms with van der Waals surface area (Å²) in [6, 6.07) is 14.5. The summed E-state index contributed by atoms with van der Waals surface area (Å²) in [5.74, 6) is 1.57. The van der Waals surface area contributed by atoms with Crippen molar-refractivity contribution in [1.29, 1.82) is 0 Å². The van der Waals surface area contributed by atoms with Gasteiger partial charge in [0.1, 0.15) is 5.82 Å². The number of hydrogen-bond donors (Lipinski definition) is 0. The van der Waals surface area contributed by atoms with Crippen LogP contribution < -0.4 is 17.3 Å². The molecule has 1 fully saturated rings. The van der Waals surface area contributed by atoms with Gasteiger partial charge in [-0.2, -0.15) is 0 Å². The lowest BCUT2D eigenvalue weighted by molar-refractivity contribution is -0.384. The minimum atomic E-state index is -0.395. The van der Waals surface area contributed by atoms with Crippen molar-refractivity contribution in [3.8, 4) is 11.4 Å². The zero-order valence-corrected chi connectivity index (χ0v) is 15.6. The van der Waals surface area contributed by atoms with E-state index in [0.29, 0.717) is 5.82 Å². The molecule has 140 valence electrons. The second kappa shape index (κ2) is 8.31. The largest absolute Gasteiger partial charge is 1.00 e. The highest BCUT2D eigenvalue weighted by atomic mass is 35.5. The Balaban J connectivity index is 0.00000210. The SMILES string of the molecule is O=[N+]([O-])c1ccc(-c2nc(N3CCCCCC3)c3ccccc3n2)cc1.[Cl-]. The average Bonchev–Trinajstić information content (AvgIpc) is 2.96. The number of fused-ring (bicyclic) bond motifs is 1. The van der Waals surface area contributed by atoms with Gasteiger partial charge in [0.05, 0.1) is 10.4 Å². The summed E-state index contributed by atoms with van der Waals surface area (Å²) in [6.45, 7) is 2.00. The number of anilines is 1. The van der Waals surface area contributed by atoms with Gasteiger partial charge in [0.25, 0.3) is 5.69 Å². The first-order valence-corrected chi connectivity index (χ1v) is 8.99. The van der Waals surface area contributed by atoms with Crippen molar-refractivity contribution in [1.82, 2.24) is 9.97 Å². The summed E-state index contributed by atoms with van der Waals surface area (Å²) in [6.07, 6.45) is 4.86. The van der Waals surface area contributed by atoms with Crippen molar-refractivity contribution in [3.63, 3.8) is 0 Å². The number of rotatable bonds is 3. The molecule has 0 saturated carbocycles. The van der Waals surface area contributed by atoms with Crippen molar-refractivity contribution in [2.75, 3.05) is 18.0 Å². The number of halogens is 1. The number of non-ortho nitro benzene ring substituents is 1. The molecule has 3 aromatic rings. The highest BCUT2D eigenvalue weighted by molar-refractivity contribution is 5.91. The molecule has 6 nitrogen and oxygen atoms in total. The quantitative estimate of drug-likeness (QED) is 0.507. The van der Waals surface area contributed by atoms with Crippen LogP contribution in [0.3, 0.4) is 0 Å². The van der Waals surface area contributed by atoms with Gasteiger partial charge >= 0.3 is 0 Å². The molecular formula is C20H20ClN4O2-. The molecule has 0 bridgehead atoms. The van der Waals surface area contributed by atoms with Crippen LogP contribution in [0.15, 0.2) is 48.5 Å². The Morgan fingerprint density at radius 3 is 2.22 bits per heavy atom. The van der Waals surface area contributed by atoms with Crippen LogP contribution in [0.25, 0.3) is 22.3 Å². The third-order valence-electron chi connectivity index (χ3n) is 4.83. The number of para-hydroxylation sites is 1. The number of hydrogen-bond acceptors (Lipinski definition) is 5. The van der Waals surface area contributed by atoms with Crippen LogP contribution >= 0.6 is 0 Å². The molecule has 4 rings (SSSR count). The standard InChI is InChI=1S/C20H20N4O2.ClH/c25-24(26)16-11-9-15(10-12-16)19-21-18-8-4-3-7-17(18)20(22-19)23-13-5-1-2-6-14-23;/h3-4,7-12H,1-2,5-6,13-14H2;1H/p-1. The lowest BCUT2D eigenvalue weighted by Gasteiger charge is -2.23. The van der Waals surface area contributed by atoms with E-state index in [1.165, 1.54) is 37.8 Å². The van der Waals surface area contributed by atoms with Crippen molar-refractivity contribution < 1.29 is 17.3 Å². The normalized spacial score (nSPS) is 14.4. The molecule has 7 heteroatoms. The molecule has 1 aliphatic rings. The van der Waals surface area contributed by atoms with Crippen molar-refractivity contribution in [3.05, 3.63) is 58.6 Å². The zero-order chi connectivity index (χ0) is 17.9. The summed E-state index contributed by atoms with van der Waals surface area (Å²) in [5.41, 5.74) is 1.76. The maximum atomic E-state index is 10.9. The number of nitro benzene ring substituents is 1. The Bertz CT molecular complexity index is 938. The van der Waals surface area contributed by atoms with Gasteiger partial charge < -0.3 is 17.3 Å². The number of nitro groups is 1. The van der Waals surface area contributed by atoms with E-state index >= 15 is 0 Å². The molecule has 0 spiro atoms. The highest BCUT2D eigenvalue weighted by Crippen LogP contribution is 2.29. The lowest BCUT2D eigenvalue weighted by Crippen LogP contribution is -3.00. The molecule has 0 aliphatic carbocycles. The first-order chi connectivity index (χ1) is 12.7. The Labute approximate surface area is 163 Å². The number of nitrogens with zero attached hydrogens (tertiary/aromatic N) is 4. The first kappa shape index (κ1) is 19.0. The number of aromatic nitrogens is 2. The van der Waals surface area contributed by atoms with Crippen LogP contribution in [0.5, 0.6) is 0 Å². The number of benzene rings is 2. The predicted octanol–water partition coefficient (Wildman–Crippen LogP) is 1.59. The summed E-state index contributed by atoms with van der Waals surface area (Å²) in [4.78, 5) is 22.4. The zero-order valence-electron chi connectivity index (χ0n) is 14.8. The molecule has 2 heterocycles. The van der Waals surface area contributed by atoms with Gasteiger partial charge in [-0.05, 0) is 37.1 Å². The van der Waals surface area contributed by atoms with Crippen LogP contribution in [0.2, 0.25) is 0 Å².